The predicted octanol–water partition coefficient (Wildman–Crippen LogP) is 2.80. The van der Waals surface area contributed by atoms with Crippen molar-refractivity contribution in [3.05, 3.63) is 65.5 Å². The highest BCUT2D eigenvalue weighted by molar-refractivity contribution is 5.84. The third-order valence-electron chi connectivity index (χ3n) is 3.73. The highest BCUT2D eigenvalue weighted by Crippen LogP contribution is 2.14. The molecule has 1 aromatic heterocycles. The summed E-state index contributed by atoms with van der Waals surface area (Å²) in [6, 6.07) is 15.6. The molecule has 0 saturated heterocycles. The van der Waals surface area contributed by atoms with Crippen LogP contribution < -0.4 is 5.43 Å². The molecule has 3 aromatic rings. The molecule has 5 heteroatoms. The molecule has 1 amide bonds. The van der Waals surface area contributed by atoms with E-state index in [1.165, 1.54) is 0 Å². The van der Waals surface area contributed by atoms with Crippen LogP contribution in [0.3, 0.4) is 0 Å². The molecular weight excluding hydrogens is 288 g/mol. The van der Waals surface area contributed by atoms with E-state index < -0.39 is 0 Å². The van der Waals surface area contributed by atoms with E-state index in [1.807, 2.05) is 66.9 Å². The second-order valence-electron chi connectivity index (χ2n) is 5.38. The van der Waals surface area contributed by atoms with E-state index in [9.17, 15) is 4.79 Å². The van der Waals surface area contributed by atoms with E-state index >= 15 is 0 Å². The smallest absolute Gasteiger partial charge is 0.260 e. The zero-order valence-electron chi connectivity index (χ0n) is 13.2. The minimum Gasteiger partial charge on any atom is -0.319 e. The SMILES string of the molecule is Cc1ccccc1/C=N/NC(=O)Cn1c(C)nc2ccccc21. The molecule has 0 aliphatic rings. The van der Waals surface area contributed by atoms with Gasteiger partial charge in [0.2, 0.25) is 0 Å². The Morgan fingerprint density at radius 3 is 2.74 bits per heavy atom. The number of carbonyl (C=O) groups excluding carboxylic acids is 1. The monoisotopic (exact) mass is 306 g/mol. The van der Waals surface area contributed by atoms with Gasteiger partial charge in [-0.1, -0.05) is 36.4 Å². The van der Waals surface area contributed by atoms with Gasteiger partial charge in [0.15, 0.2) is 0 Å². The van der Waals surface area contributed by atoms with Crippen molar-refractivity contribution < 1.29 is 4.79 Å². The third-order valence-corrected chi connectivity index (χ3v) is 3.73. The average Bonchev–Trinajstić information content (AvgIpc) is 2.85. The van der Waals surface area contributed by atoms with Gasteiger partial charge in [0.25, 0.3) is 5.91 Å². The Morgan fingerprint density at radius 2 is 1.91 bits per heavy atom. The van der Waals surface area contributed by atoms with Gasteiger partial charge in [-0.15, -0.1) is 0 Å². The van der Waals surface area contributed by atoms with Crippen molar-refractivity contribution in [2.45, 2.75) is 20.4 Å². The Morgan fingerprint density at radius 1 is 1.17 bits per heavy atom. The maximum absolute atomic E-state index is 12.1. The molecular formula is C18H18N4O. The fourth-order valence-corrected chi connectivity index (χ4v) is 2.48. The highest BCUT2D eigenvalue weighted by Gasteiger charge is 2.09. The first kappa shape index (κ1) is 15.0. The molecule has 0 aliphatic heterocycles. The lowest BCUT2D eigenvalue weighted by Gasteiger charge is -2.05. The second kappa shape index (κ2) is 6.44. The van der Waals surface area contributed by atoms with Crippen LogP contribution in [0.4, 0.5) is 0 Å². The van der Waals surface area contributed by atoms with Crippen LogP contribution in [0.25, 0.3) is 11.0 Å². The number of hydrogen-bond acceptors (Lipinski definition) is 3. The van der Waals surface area contributed by atoms with Crippen LogP contribution in [0, 0.1) is 13.8 Å². The normalized spacial score (nSPS) is 11.2. The lowest BCUT2D eigenvalue weighted by Crippen LogP contribution is -2.23. The summed E-state index contributed by atoms with van der Waals surface area (Å²) in [6.45, 7) is 4.09. The van der Waals surface area contributed by atoms with E-state index in [2.05, 4.69) is 15.5 Å². The lowest BCUT2D eigenvalue weighted by atomic mass is 10.1. The lowest BCUT2D eigenvalue weighted by molar-refractivity contribution is -0.121. The van der Waals surface area contributed by atoms with Gasteiger partial charge < -0.3 is 4.57 Å². The molecule has 3 rings (SSSR count). The molecule has 2 aromatic carbocycles. The zero-order chi connectivity index (χ0) is 16.2. The number of hydrogen-bond donors (Lipinski definition) is 1. The third kappa shape index (κ3) is 3.29. The number of benzene rings is 2. The second-order valence-corrected chi connectivity index (χ2v) is 5.38. The summed E-state index contributed by atoms with van der Waals surface area (Å²) in [6.07, 6.45) is 1.66. The average molecular weight is 306 g/mol. The number of rotatable bonds is 4. The largest absolute Gasteiger partial charge is 0.319 e. The summed E-state index contributed by atoms with van der Waals surface area (Å²) < 4.78 is 1.88. The summed E-state index contributed by atoms with van der Waals surface area (Å²) in [4.78, 5) is 16.6. The Hall–Kier alpha value is -2.95. The van der Waals surface area contributed by atoms with Crippen molar-refractivity contribution in [1.82, 2.24) is 15.0 Å². The molecule has 23 heavy (non-hydrogen) atoms. The standard InChI is InChI=1S/C18H18N4O/c1-13-7-3-4-8-15(13)11-19-21-18(23)12-22-14(2)20-16-9-5-6-10-17(16)22/h3-11H,12H2,1-2H3,(H,21,23)/b19-11+. The molecule has 0 aliphatic carbocycles. The van der Waals surface area contributed by atoms with E-state index in [-0.39, 0.29) is 12.5 Å². The van der Waals surface area contributed by atoms with Gasteiger partial charge in [0.1, 0.15) is 12.4 Å². The van der Waals surface area contributed by atoms with E-state index in [0.29, 0.717) is 0 Å². The van der Waals surface area contributed by atoms with Crippen molar-refractivity contribution in [2.24, 2.45) is 5.10 Å². The molecule has 116 valence electrons. The highest BCUT2D eigenvalue weighted by atomic mass is 16.2. The van der Waals surface area contributed by atoms with Crippen LogP contribution in [0.1, 0.15) is 17.0 Å². The van der Waals surface area contributed by atoms with Crippen LogP contribution in [-0.2, 0) is 11.3 Å². The Bertz CT molecular complexity index is 880. The maximum Gasteiger partial charge on any atom is 0.260 e. The molecule has 0 atom stereocenters. The van der Waals surface area contributed by atoms with Crippen LogP contribution in [0.2, 0.25) is 0 Å². The van der Waals surface area contributed by atoms with E-state index in [0.717, 1.165) is 28.0 Å². The number of amides is 1. The number of para-hydroxylation sites is 2. The van der Waals surface area contributed by atoms with Crippen LogP contribution >= 0.6 is 0 Å². The first-order valence-corrected chi connectivity index (χ1v) is 7.44. The molecule has 1 N–H and O–H groups in total. The molecule has 0 fully saturated rings. The number of fused-ring (bicyclic) bond motifs is 1. The van der Waals surface area contributed by atoms with Gasteiger partial charge in [-0.2, -0.15) is 5.10 Å². The number of imidazole rings is 1. The quantitative estimate of drug-likeness (QED) is 0.595. The fraction of sp³-hybridized carbons (Fsp3) is 0.167. The molecule has 1 heterocycles. The molecule has 0 spiro atoms. The number of hydrazone groups is 1. The minimum atomic E-state index is -0.180. The summed E-state index contributed by atoms with van der Waals surface area (Å²) in [5.41, 5.74) is 6.50. The number of aryl methyl sites for hydroxylation is 2. The first-order chi connectivity index (χ1) is 11.1. The van der Waals surface area contributed by atoms with Gasteiger partial charge in [-0.05, 0) is 37.1 Å². The summed E-state index contributed by atoms with van der Waals surface area (Å²) in [5.74, 6) is 0.630. The van der Waals surface area contributed by atoms with Gasteiger partial charge >= 0.3 is 0 Å². The van der Waals surface area contributed by atoms with Crippen molar-refractivity contribution in [2.75, 3.05) is 0 Å². The van der Waals surface area contributed by atoms with Gasteiger partial charge in [0.05, 0.1) is 17.2 Å². The fourth-order valence-electron chi connectivity index (χ4n) is 2.48. The van der Waals surface area contributed by atoms with Crippen molar-refractivity contribution >= 4 is 23.2 Å². The zero-order valence-corrected chi connectivity index (χ0v) is 13.2. The number of nitrogens with one attached hydrogen (secondary N) is 1. The van der Waals surface area contributed by atoms with Crippen molar-refractivity contribution in [3.63, 3.8) is 0 Å². The Balaban J connectivity index is 1.70. The van der Waals surface area contributed by atoms with Crippen molar-refractivity contribution in [3.8, 4) is 0 Å². The minimum absolute atomic E-state index is 0.180. The van der Waals surface area contributed by atoms with Gasteiger partial charge in [-0.3, -0.25) is 4.79 Å². The maximum atomic E-state index is 12.1. The molecule has 0 bridgehead atoms. The van der Waals surface area contributed by atoms with Crippen molar-refractivity contribution in [1.29, 1.82) is 0 Å². The summed E-state index contributed by atoms with van der Waals surface area (Å²) in [5, 5.41) is 4.03. The van der Waals surface area contributed by atoms with E-state index in [1.54, 1.807) is 6.21 Å². The number of aromatic nitrogens is 2. The number of nitrogens with zero attached hydrogens (tertiary/aromatic N) is 3. The van der Waals surface area contributed by atoms with Gasteiger partial charge in [0, 0.05) is 0 Å². The summed E-state index contributed by atoms with van der Waals surface area (Å²) >= 11 is 0. The Labute approximate surface area is 134 Å². The van der Waals surface area contributed by atoms with Crippen LogP contribution in [0.5, 0.6) is 0 Å². The molecule has 0 saturated carbocycles. The predicted molar refractivity (Wildman–Crippen MR) is 91.4 cm³/mol. The number of carbonyl (C=O) groups is 1. The summed E-state index contributed by atoms with van der Waals surface area (Å²) in [7, 11) is 0. The van der Waals surface area contributed by atoms with Gasteiger partial charge in [-0.25, -0.2) is 10.4 Å². The molecule has 0 unspecified atom stereocenters. The molecule has 5 nitrogen and oxygen atoms in total. The van der Waals surface area contributed by atoms with Crippen LogP contribution in [-0.4, -0.2) is 21.7 Å². The first-order valence-electron chi connectivity index (χ1n) is 7.44. The van der Waals surface area contributed by atoms with Crippen LogP contribution in [0.15, 0.2) is 53.6 Å². The van der Waals surface area contributed by atoms with E-state index in [4.69, 9.17) is 0 Å². The molecule has 0 radical (unpaired) electrons. The Kier molecular flexibility index (Phi) is 4.19. The topological polar surface area (TPSA) is 59.3 Å².